The number of hydrogen-bond donors (Lipinski definition) is 4. The van der Waals surface area contributed by atoms with E-state index in [0.717, 1.165) is 33.2 Å². The highest BCUT2D eigenvalue weighted by Crippen LogP contribution is 2.31. The van der Waals surface area contributed by atoms with Crippen molar-refractivity contribution in [3.05, 3.63) is 83.6 Å². The standard InChI is InChI=1S/C27H29N7O3S/c1-18-14-22-21(16-29-32-38(35)36)8-5-9-23(22)33(18)27-30-26(28-15-19-6-3-2-4-7-19)24-12-13-25(34(24)31-27)37-17-20-10-11-20/h2-9,12-14,20,29,32H,10-11,15-17H2,1H3,(H,35,36)(H,28,30,31). The molecule has 3 heterocycles. The van der Waals surface area contributed by atoms with E-state index in [1.54, 1.807) is 0 Å². The van der Waals surface area contributed by atoms with Gasteiger partial charge in [-0.3, -0.25) is 9.12 Å². The number of anilines is 1. The number of rotatable bonds is 11. The van der Waals surface area contributed by atoms with Gasteiger partial charge in [-0.25, -0.2) is 9.63 Å². The Morgan fingerprint density at radius 2 is 1.89 bits per heavy atom. The molecule has 11 heteroatoms. The van der Waals surface area contributed by atoms with Crippen molar-refractivity contribution < 1.29 is 13.5 Å². The maximum Gasteiger partial charge on any atom is 0.254 e. The van der Waals surface area contributed by atoms with E-state index < -0.39 is 11.3 Å². The van der Waals surface area contributed by atoms with Gasteiger partial charge in [0.05, 0.1) is 12.1 Å². The zero-order valence-electron chi connectivity index (χ0n) is 20.9. The summed E-state index contributed by atoms with van der Waals surface area (Å²) in [6.07, 6.45) is 2.42. The lowest BCUT2D eigenvalue weighted by Gasteiger charge is -2.14. The normalized spacial score (nSPS) is 14.3. The van der Waals surface area contributed by atoms with Crippen LogP contribution in [0.15, 0.2) is 66.7 Å². The molecular weight excluding hydrogens is 502 g/mol. The Kier molecular flexibility index (Phi) is 6.81. The fourth-order valence-corrected chi connectivity index (χ4v) is 4.80. The van der Waals surface area contributed by atoms with E-state index in [9.17, 15) is 4.21 Å². The molecule has 1 unspecified atom stereocenters. The van der Waals surface area contributed by atoms with Gasteiger partial charge in [0.15, 0.2) is 5.82 Å². The molecule has 0 aliphatic heterocycles. The summed E-state index contributed by atoms with van der Waals surface area (Å²) in [5.41, 5.74) is 7.66. The fraction of sp³-hybridized carbons (Fsp3) is 0.259. The maximum atomic E-state index is 11.0. The Balaban J connectivity index is 1.41. The molecule has 10 nitrogen and oxygen atoms in total. The van der Waals surface area contributed by atoms with Crippen molar-refractivity contribution in [2.45, 2.75) is 32.9 Å². The number of nitrogens with one attached hydrogen (secondary N) is 3. The number of fused-ring (bicyclic) bond motifs is 2. The SMILES string of the molecule is Cc1cc2c(CNNS(=O)O)cccc2n1-c1nc(NCc2ccccc2)c2ccc(OCC3CC3)n2n1. The predicted octanol–water partition coefficient (Wildman–Crippen LogP) is 4.11. The van der Waals surface area contributed by atoms with Crippen molar-refractivity contribution in [1.29, 1.82) is 0 Å². The van der Waals surface area contributed by atoms with Crippen LogP contribution >= 0.6 is 0 Å². The van der Waals surface area contributed by atoms with E-state index in [0.29, 0.717) is 43.3 Å². The predicted molar refractivity (Wildman–Crippen MR) is 147 cm³/mol. The molecule has 4 N–H and O–H groups in total. The first-order valence-electron chi connectivity index (χ1n) is 12.6. The van der Waals surface area contributed by atoms with Crippen LogP contribution in [0.1, 0.15) is 29.7 Å². The van der Waals surface area contributed by atoms with Crippen molar-refractivity contribution in [1.82, 2.24) is 29.4 Å². The molecule has 6 rings (SSSR count). The summed E-state index contributed by atoms with van der Waals surface area (Å²) in [4.78, 5) is 7.28. The molecule has 0 radical (unpaired) electrons. The van der Waals surface area contributed by atoms with Gasteiger partial charge < -0.3 is 10.1 Å². The van der Waals surface area contributed by atoms with Gasteiger partial charge in [-0.15, -0.1) is 5.10 Å². The smallest absolute Gasteiger partial charge is 0.254 e. The quantitative estimate of drug-likeness (QED) is 0.150. The second kappa shape index (κ2) is 10.5. The highest BCUT2D eigenvalue weighted by atomic mass is 32.2. The fourth-order valence-electron chi connectivity index (χ4n) is 4.60. The molecule has 0 spiro atoms. The van der Waals surface area contributed by atoms with Gasteiger partial charge in [0.1, 0.15) is 5.52 Å². The van der Waals surface area contributed by atoms with Crippen LogP contribution in [0, 0.1) is 12.8 Å². The molecule has 1 aliphatic carbocycles. The molecule has 1 atom stereocenters. The third-order valence-corrected chi connectivity index (χ3v) is 7.01. The molecule has 0 amide bonds. The molecule has 2 aromatic carbocycles. The van der Waals surface area contributed by atoms with Crippen molar-refractivity contribution >= 4 is 33.5 Å². The molecule has 5 aromatic rings. The first-order chi connectivity index (χ1) is 18.6. The summed E-state index contributed by atoms with van der Waals surface area (Å²) in [7, 11) is 0. The Bertz CT molecular complexity index is 1610. The van der Waals surface area contributed by atoms with Gasteiger partial charge in [-0.1, -0.05) is 42.5 Å². The Hall–Kier alpha value is -3.77. The zero-order valence-corrected chi connectivity index (χ0v) is 21.7. The Labute approximate surface area is 222 Å². The van der Waals surface area contributed by atoms with E-state index in [4.69, 9.17) is 19.4 Å². The molecule has 1 aliphatic rings. The minimum absolute atomic E-state index is 0.369. The highest BCUT2D eigenvalue weighted by Gasteiger charge is 2.23. The summed E-state index contributed by atoms with van der Waals surface area (Å²) in [5.74, 6) is 2.56. The third kappa shape index (κ3) is 5.14. The summed E-state index contributed by atoms with van der Waals surface area (Å²) >= 11 is -2.14. The third-order valence-electron chi connectivity index (χ3n) is 6.69. The van der Waals surface area contributed by atoms with E-state index in [1.165, 1.54) is 12.8 Å². The second-order valence-electron chi connectivity index (χ2n) is 9.50. The van der Waals surface area contributed by atoms with Gasteiger partial charge >= 0.3 is 0 Å². The number of nitrogens with zero attached hydrogens (tertiary/aromatic N) is 4. The van der Waals surface area contributed by atoms with Crippen LogP contribution in [0.25, 0.3) is 22.4 Å². The van der Waals surface area contributed by atoms with E-state index in [2.05, 4.69) is 33.8 Å². The van der Waals surface area contributed by atoms with Gasteiger partial charge in [0.25, 0.3) is 5.95 Å². The second-order valence-corrected chi connectivity index (χ2v) is 10.2. The maximum absolute atomic E-state index is 11.0. The van der Waals surface area contributed by atoms with E-state index in [-0.39, 0.29) is 0 Å². The number of aromatic nitrogens is 4. The van der Waals surface area contributed by atoms with Gasteiger partial charge in [-0.05, 0) is 55.0 Å². The van der Waals surface area contributed by atoms with Crippen LogP contribution in [-0.4, -0.2) is 34.5 Å². The summed E-state index contributed by atoms with van der Waals surface area (Å²) < 4.78 is 30.0. The Morgan fingerprint density at radius 3 is 2.68 bits per heavy atom. The molecule has 1 saturated carbocycles. The van der Waals surface area contributed by atoms with Crippen molar-refractivity contribution in [3.8, 4) is 11.8 Å². The van der Waals surface area contributed by atoms with Crippen LogP contribution in [0.5, 0.6) is 5.88 Å². The van der Waals surface area contributed by atoms with E-state index in [1.807, 2.05) is 64.5 Å². The number of ether oxygens (including phenoxy) is 1. The molecule has 196 valence electrons. The largest absolute Gasteiger partial charge is 0.477 e. The number of hydrazine groups is 1. The minimum Gasteiger partial charge on any atom is -0.477 e. The van der Waals surface area contributed by atoms with Crippen LogP contribution in [0.2, 0.25) is 0 Å². The van der Waals surface area contributed by atoms with Crippen LogP contribution in [0.3, 0.4) is 0 Å². The highest BCUT2D eigenvalue weighted by molar-refractivity contribution is 7.77. The lowest BCUT2D eigenvalue weighted by atomic mass is 10.1. The average Bonchev–Trinajstić information content (AvgIpc) is 3.56. The van der Waals surface area contributed by atoms with Gasteiger partial charge in [0.2, 0.25) is 17.1 Å². The zero-order chi connectivity index (χ0) is 26.1. The first-order valence-corrected chi connectivity index (χ1v) is 13.7. The summed E-state index contributed by atoms with van der Waals surface area (Å²) in [6, 6.07) is 22.2. The molecule has 0 saturated heterocycles. The lowest BCUT2D eigenvalue weighted by Crippen LogP contribution is -2.32. The minimum atomic E-state index is -2.14. The van der Waals surface area contributed by atoms with Gasteiger partial charge in [-0.2, -0.15) is 14.3 Å². The summed E-state index contributed by atoms with van der Waals surface area (Å²) in [5, 5.41) is 9.43. The van der Waals surface area contributed by atoms with E-state index >= 15 is 0 Å². The average molecular weight is 532 g/mol. The number of hydrogen-bond acceptors (Lipinski definition) is 6. The topological polar surface area (TPSA) is 118 Å². The molecule has 0 bridgehead atoms. The molecule has 1 fully saturated rings. The monoisotopic (exact) mass is 531 g/mol. The molecule has 3 aromatic heterocycles. The molecular formula is C27H29N7O3S. The van der Waals surface area contributed by atoms with Crippen LogP contribution in [-0.2, 0) is 24.4 Å². The van der Waals surface area contributed by atoms with Crippen LogP contribution in [0.4, 0.5) is 5.82 Å². The lowest BCUT2D eigenvalue weighted by molar-refractivity contribution is 0.282. The van der Waals surface area contributed by atoms with Crippen molar-refractivity contribution in [2.75, 3.05) is 11.9 Å². The van der Waals surface area contributed by atoms with Crippen LogP contribution < -0.4 is 20.3 Å². The Morgan fingerprint density at radius 1 is 1.05 bits per heavy atom. The van der Waals surface area contributed by atoms with Crippen molar-refractivity contribution in [3.63, 3.8) is 0 Å². The first kappa shape index (κ1) is 24.6. The summed E-state index contributed by atoms with van der Waals surface area (Å²) in [6.45, 7) is 3.69. The number of benzene rings is 2. The van der Waals surface area contributed by atoms with Gasteiger partial charge in [0, 0.05) is 30.2 Å². The number of aryl methyl sites for hydroxylation is 1. The molecule has 38 heavy (non-hydrogen) atoms. The van der Waals surface area contributed by atoms with Crippen molar-refractivity contribution in [2.24, 2.45) is 5.92 Å².